The summed E-state index contributed by atoms with van der Waals surface area (Å²) in [6, 6.07) is 10.9. The van der Waals surface area contributed by atoms with Gasteiger partial charge in [0.15, 0.2) is 0 Å². The lowest BCUT2D eigenvalue weighted by Gasteiger charge is -2.13. The third kappa shape index (κ3) is 4.85. The van der Waals surface area contributed by atoms with E-state index >= 15 is 0 Å². The van der Waals surface area contributed by atoms with E-state index in [4.69, 9.17) is 11.6 Å². The molecule has 1 unspecified atom stereocenters. The number of nitrogens with zero attached hydrogens (tertiary/aromatic N) is 2. The lowest BCUT2D eigenvalue weighted by Crippen LogP contribution is -2.34. The van der Waals surface area contributed by atoms with Gasteiger partial charge in [-0.2, -0.15) is 0 Å². The van der Waals surface area contributed by atoms with E-state index in [2.05, 4.69) is 15.6 Å². The Balaban J connectivity index is 1.53. The second-order valence-electron chi connectivity index (χ2n) is 7.17. The number of anilines is 2. The number of alkyl halides is 1. The summed E-state index contributed by atoms with van der Waals surface area (Å²) in [5, 5.41) is 5.97. The molecular weight excluding hydrogens is 486 g/mol. The molecule has 0 saturated carbocycles. The summed E-state index contributed by atoms with van der Waals surface area (Å²) >= 11 is 6.88. The molecule has 1 atom stereocenters. The minimum absolute atomic E-state index is 0.0218. The number of fused-ring (bicyclic) bond motifs is 1. The number of aromatic nitrogens is 2. The molecule has 0 saturated heterocycles. The molecule has 3 N–H and O–H groups in total. The third-order valence-electron chi connectivity index (χ3n) is 4.91. The van der Waals surface area contributed by atoms with Gasteiger partial charge in [0.1, 0.15) is 10.1 Å². The van der Waals surface area contributed by atoms with Crippen molar-refractivity contribution in [1.29, 1.82) is 0 Å². The number of urea groups is 1. The van der Waals surface area contributed by atoms with E-state index in [9.17, 15) is 18.0 Å². The van der Waals surface area contributed by atoms with Crippen LogP contribution in [0.15, 0.2) is 57.6 Å². The number of hydrogen-bond donors (Lipinski definition) is 3. The molecule has 0 spiro atoms. The first-order valence-corrected chi connectivity index (χ1v) is 12.6. The zero-order valence-electron chi connectivity index (χ0n) is 17.6. The number of nitrogens with one attached hydrogen (secondary N) is 3. The number of thioether (sulfide) groups is 1. The van der Waals surface area contributed by atoms with E-state index in [1.54, 1.807) is 56.4 Å². The van der Waals surface area contributed by atoms with Crippen LogP contribution in [0.3, 0.4) is 0 Å². The SMILES string of the molecule is CNc1ccc2c(=O)n(-c3ccc(NC(=O)NS(=O)(=O)C4=CCC(Cl)S4)cc3)c(C)nc2c1. The molecule has 0 radical (unpaired) electrons. The van der Waals surface area contributed by atoms with Crippen LogP contribution in [0.4, 0.5) is 16.2 Å². The highest BCUT2D eigenvalue weighted by Crippen LogP contribution is 2.37. The van der Waals surface area contributed by atoms with Gasteiger partial charge in [0.2, 0.25) is 0 Å². The normalized spacial score (nSPS) is 15.8. The quantitative estimate of drug-likeness (QED) is 0.451. The molecule has 3 aromatic rings. The highest BCUT2D eigenvalue weighted by Gasteiger charge is 2.27. The van der Waals surface area contributed by atoms with Crippen molar-refractivity contribution < 1.29 is 13.2 Å². The maximum absolute atomic E-state index is 13.1. The van der Waals surface area contributed by atoms with Gasteiger partial charge in [-0.25, -0.2) is 22.9 Å². The number of halogens is 1. The van der Waals surface area contributed by atoms with Gasteiger partial charge in [0.25, 0.3) is 15.6 Å². The van der Waals surface area contributed by atoms with Crippen molar-refractivity contribution in [3.05, 3.63) is 69.0 Å². The Hall–Kier alpha value is -3.02. The first-order chi connectivity index (χ1) is 15.7. The monoisotopic (exact) mass is 505 g/mol. The molecular formula is C21H20ClN5O4S2. The van der Waals surface area contributed by atoms with Crippen molar-refractivity contribution in [1.82, 2.24) is 14.3 Å². The first-order valence-electron chi connectivity index (χ1n) is 9.84. The number of sulfonamides is 1. The molecule has 4 rings (SSSR count). The molecule has 0 aliphatic carbocycles. The van der Waals surface area contributed by atoms with Crippen molar-refractivity contribution in [2.45, 2.75) is 18.1 Å². The Kier molecular flexibility index (Phi) is 6.37. The van der Waals surface area contributed by atoms with Gasteiger partial charge < -0.3 is 10.6 Å². The molecule has 0 bridgehead atoms. The first kappa shape index (κ1) is 23.1. The summed E-state index contributed by atoms with van der Waals surface area (Å²) in [6.07, 6.45) is 1.88. The third-order valence-corrected chi connectivity index (χ3v) is 8.30. The van der Waals surface area contributed by atoms with Gasteiger partial charge in [0, 0.05) is 18.4 Å². The van der Waals surface area contributed by atoms with Crippen LogP contribution in [0, 0.1) is 6.92 Å². The summed E-state index contributed by atoms with van der Waals surface area (Å²) in [5.41, 5.74) is 2.14. The minimum Gasteiger partial charge on any atom is -0.388 e. The molecule has 1 aliphatic rings. The van der Waals surface area contributed by atoms with Gasteiger partial charge in [-0.15, -0.1) is 11.6 Å². The fraction of sp³-hybridized carbons (Fsp3) is 0.190. The smallest absolute Gasteiger partial charge is 0.333 e. The van der Waals surface area contributed by atoms with E-state index < -0.39 is 16.1 Å². The van der Waals surface area contributed by atoms with Crippen molar-refractivity contribution in [2.75, 3.05) is 17.7 Å². The molecule has 2 aromatic carbocycles. The molecule has 0 fully saturated rings. The van der Waals surface area contributed by atoms with Gasteiger partial charge in [-0.3, -0.25) is 9.36 Å². The molecule has 2 amide bonds. The summed E-state index contributed by atoms with van der Waals surface area (Å²) in [7, 11) is -2.19. The molecule has 2 heterocycles. The number of hydrogen-bond acceptors (Lipinski definition) is 7. The van der Waals surface area contributed by atoms with Crippen molar-refractivity contribution in [3.8, 4) is 5.69 Å². The van der Waals surface area contributed by atoms with Gasteiger partial charge >= 0.3 is 6.03 Å². The largest absolute Gasteiger partial charge is 0.388 e. The van der Waals surface area contributed by atoms with Crippen LogP contribution in [0.25, 0.3) is 16.6 Å². The van der Waals surface area contributed by atoms with Crippen LogP contribution in [0.5, 0.6) is 0 Å². The minimum atomic E-state index is -3.98. The van der Waals surface area contributed by atoms with E-state index in [1.165, 1.54) is 10.6 Å². The summed E-state index contributed by atoms with van der Waals surface area (Å²) < 4.78 is 27.6. The Bertz CT molecular complexity index is 1440. The second kappa shape index (κ2) is 9.08. The van der Waals surface area contributed by atoms with E-state index in [1.807, 2.05) is 4.72 Å². The number of allylic oxidation sites excluding steroid dienone is 1. The average Bonchev–Trinajstić information content (AvgIpc) is 3.21. The number of amides is 2. The van der Waals surface area contributed by atoms with Gasteiger partial charge in [0.05, 0.1) is 21.3 Å². The Morgan fingerprint density at radius 2 is 1.88 bits per heavy atom. The highest BCUT2D eigenvalue weighted by atomic mass is 35.5. The number of aryl methyl sites for hydroxylation is 1. The zero-order valence-corrected chi connectivity index (χ0v) is 20.0. The van der Waals surface area contributed by atoms with Crippen molar-refractivity contribution >= 4 is 61.7 Å². The second-order valence-corrected chi connectivity index (χ2v) is 11.1. The molecule has 1 aromatic heterocycles. The summed E-state index contributed by atoms with van der Waals surface area (Å²) in [6.45, 7) is 1.73. The summed E-state index contributed by atoms with van der Waals surface area (Å²) in [5.74, 6) is 0.505. The van der Waals surface area contributed by atoms with Crippen LogP contribution in [-0.2, 0) is 10.0 Å². The Morgan fingerprint density at radius 3 is 2.52 bits per heavy atom. The summed E-state index contributed by atoms with van der Waals surface area (Å²) in [4.78, 5) is 29.8. The van der Waals surface area contributed by atoms with Crippen LogP contribution >= 0.6 is 23.4 Å². The number of rotatable bonds is 5. The number of carbonyl (C=O) groups excluding carboxylic acids is 1. The van der Waals surface area contributed by atoms with Crippen LogP contribution in [0.1, 0.15) is 12.2 Å². The van der Waals surface area contributed by atoms with E-state index in [0.717, 1.165) is 17.4 Å². The van der Waals surface area contributed by atoms with Crippen LogP contribution in [0.2, 0.25) is 0 Å². The fourth-order valence-corrected chi connectivity index (χ4v) is 6.23. The Morgan fingerprint density at radius 1 is 1.18 bits per heavy atom. The van der Waals surface area contributed by atoms with E-state index in [-0.39, 0.29) is 14.5 Å². The van der Waals surface area contributed by atoms with E-state index in [0.29, 0.717) is 34.5 Å². The van der Waals surface area contributed by atoms with Gasteiger partial charge in [-0.1, -0.05) is 17.8 Å². The van der Waals surface area contributed by atoms with Crippen LogP contribution < -0.4 is 20.9 Å². The molecule has 9 nitrogen and oxygen atoms in total. The lowest BCUT2D eigenvalue weighted by molar-refractivity contribution is 0.256. The predicted molar refractivity (Wildman–Crippen MR) is 133 cm³/mol. The maximum Gasteiger partial charge on any atom is 0.333 e. The molecule has 1 aliphatic heterocycles. The molecule has 172 valence electrons. The van der Waals surface area contributed by atoms with Crippen molar-refractivity contribution in [2.24, 2.45) is 0 Å². The van der Waals surface area contributed by atoms with Crippen molar-refractivity contribution in [3.63, 3.8) is 0 Å². The maximum atomic E-state index is 13.1. The predicted octanol–water partition coefficient (Wildman–Crippen LogP) is 3.73. The average molecular weight is 506 g/mol. The standard InChI is InChI=1S/C21H20ClN5O4S2/c1-12-24-17-11-14(23-2)5-8-16(17)20(28)27(12)15-6-3-13(4-7-15)25-21(29)26-33(30,31)19-10-9-18(22)32-19/h3-8,10-11,18,23H,9H2,1-2H3,(H2,25,26,29). The number of carbonyl (C=O) groups is 1. The topological polar surface area (TPSA) is 122 Å². The zero-order chi connectivity index (χ0) is 23.8. The molecule has 12 heteroatoms. The Labute approximate surface area is 199 Å². The fourth-order valence-electron chi connectivity index (χ4n) is 3.36. The lowest BCUT2D eigenvalue weighted by atomic mass is 10.2. The number of benzene rings is 2. The molecule has 33 heavy (non-hydrogen) atoms. The van der Waals surface area contributed by atoms with Gasteiger partial charge in [-0.05, 0) is 55.8 Å². The highest BCUT2D eigenvalue weighted by molar-refractivity contribution is 8.19. The van der Waals surface area contributed by atoms with Crippen LogP contribution in [-0.4, -0.2) is 35.8 Å².